The molecule has 2 aliphatic heterocycles. The molecule has 0 saturated carbocycles. The Hall–Kier alpha value is -2.77. The molecule has 7 heteroatoms. The average Bonchev–Trinajstić information content (AvgIpc) is 3.20. The topological polar surface area (TPSA) is 67.5 Å². The summed E-state index contributed by atoms with van der Waals surface area (Å²) < 4.78 is 11.2. The van der Waals surface area contributed by atoms with Gasteiger partial charge in [-0.1, -0.05) is 35.5 Å². The second-order valence-electron chi connectivity index (χ2n) is 7.35. The molecule has 0 aliphatic carbocycles. The van der Waals surface area contributed by atoms with Crippen LogP contribution in [-0.4, -0.2) is 58.9 Å². The molecule has 144 valence electrons. The van der Waals surface area contributed by atoms with E-state index in [0.717, 1.165) is 44.2 Å². The van der Waals surface area contributed by atoms with Crippen molar-refractivity contribution in [2.75, 3.05) is 37.7 Å². The van der Waals surface area contributed by atoms with Gasteiger partial charge < -0.3 is 14.2 Å². The van der Waals surface area contributed by atoms with Gasteiger partial charge in [0.1, 0.15) is 5.82 Å². The van der Waals surface area contributed by atoms with Crippen molar-refractivity contribution >= 4 is 5.82 Å². The van der Waals surface area contributed by atoms with Crippen LogP contribution in [0.25, 0.3) is 11.5 Å². The van der Waals surface area contributed by atoms with E-state index in [1.165, 1.54) is 5.56 Å². The molecule has 2 aliphatic rings. The summed E-state index contributed by atoms with van der Waals surface area (Å²) in [5, 5.41) is 3.84. The highest BCUT2D eigenvalue weighted by atomic mass is 16.5. The number of anilines is 1. The van der Waals surface area contributed by atoms with Gasteiger partial charge in [-0.15, -0.1) is 0 Å². The van der Waals surface area contributed by atoms with E-state index in [2.05, 4.69) is 55.3 Å². The molecule has 7 nitrogen and oxygen atoms in total. The summed E-state index contributed by atoms with van der Waals surface area (Å²) in [5.41, 5.74) is 2.17. The number of hydrogen-bond acceptors (Lipinski definition) is 7. The molecule has 0 radical (unpaired) electrons. The number of ether oxygens (including phenoxy) is 1. The van der Waals surface area contributed by atoms with Crippen LogP contribution in [0.1, 0.15) is 17.4 Å². The zero-order valence-electron chi connectivity index (χ0n) is 15.9. The first kappa shape index (κ1) is 17.3. The molecule has 0 amide bonds. The molecule has 4 heterocycles. The number of aromatic nitrogens is 3. The van der Waals surface area contributed by atoms with Crippen LogP contribution in [0, 0.1) is 6.92 Å². The van der Waals surface area contributed by atoms with Gasteiger partial charge in [-0.25, -0.2) is 4.98 Å². The van der Waals surface area contributed by atoms with Gasteiger partial charge in [0, 0.05) is 25.8 Å². The number of pyridine rings is 1. The zero-order chi connectivity index (χ0) is 18.9. The van der Waals surface area contributed by atoms with Crippen molar-refractivity contribution in [3.8, 4) is 11.5 Å². The average molecular weight is 377 g/mol. The Morgan fingerprint density at radius 1 is 1.04 bits per heavy atom. The van der Waals surface area contributed by atoms with E-state index >= 15 is 0 Å². The van der Waals surface area contributed by atoms with Crippen molar-refractivity contribution in [3.63, 3.8) is 0 Å². The van der Waals surface area contributed by atoms with E-state index in [4.69, 9.17) is 9.26 Å². The summed E-state index contributed by atoms with van der Waals surface area (Å²) in [5.74, 6) is 2.11. The van der Waals surface area contributed by atoms with E-state index in [0.29, 0.717) is 23.8 Å². The molecule has 0 spiro atoms. The highest BCUT2D eigenvalue weighted by molar-refractivity contribution is 5.54. The van der Waals surface area contributed by atoms with Crippen molar-refractivity contribution in [2.24, 2.45) is 0 Å². The Balaban J connectivity index is 1.30. The Morgan fingerprint density at radius 2 is 1.93 bits per heavy atom. The minimum absolute atomic E-state index is 0.332. The first-order chi connectivity index (χ1) is 13.8. The third kappa shape index (κ3) is 3.27. The molecule has 2 aromatic heterocycles. The van der Waals surface area contributed by atoms with E-state index in [1.54, 1.807) is 6.20 Å². The van der Waals surface area contributed by atoms with Gasteiger partial charge in [0.2, 0.25) is 0 Å². The number of rotatable bonds is 3. The molecule has 2 atom stereocenters. The van der Waals surface area contributed by atoms with Crippen molar-refractivity contribution in [1.82, 2.24) is 20.0 Å². The lowest BCUT2D eigenvalue weighted by molar-refractivity contribution is -0.0548. The molecule has 0 N–H and O–H groups in total. The van der Waals surface area contributed by atoms with Gasteiger partial charge >= 0.3 is 0 Å². The van der Waals surface area contributed by atoms with E-state index in [9.17, 15) is 0 Å². The molecule has 1 aromatic carbocycles. The third-order valence-electron chi connectivity index (χ3n) is 5.55. The van der Waals surface area contributed by atoms with Crippen molar-refractivity contribution in [1.29, 1.82) is 0 Å². The highest BCUT2D eigenvalue weighted by Crippen LogP contribution is 2.31. The maximum absolute atomic E-state index is 5.95. The summed E-state index contributed by atoms with van der Waals surface area (Å²) in [6, 6.07) is 15.4. The lowest BCUT2D eigenvalue weighted by Crippen LogP contribution is -2.59. The van der Waals surface area contributed by atoms with Crippen LogP contribution < -0.4 is 4.90 Å². The van der Waals surface area contributed by atoms with Crippen LogP contribution >= 0.6 is 0 Å². The second kappa shape index (κ2) is 7.33. The molecule has 2 fully saturated rings. The lowest BCUT2D eigenvalue weighted by Gasteiger charge is -2.48. The molecule has 2 saturated heterocycles. The number of aryl methyl sites for hydroxylation is 1. The van der Waals surface area contributed by atoms with Gasteiger partial charge in [-0.05, 0) is 24.6 Å². The Labute approximate surface area is 163 Å². The number of piperazine rings is 1. The summed E-state index contributed by atoms with van der Waals surface area (Å²) >= 11 is 0. The SMILES string of the molecule is Cc1noc(-c2ccc(N3CCN4[C@@H](COC[C@@H]4c4ccccc4)C3)nc2)n1. The fraction of sp³-hybridized carbons (Fsp3) is 0.381. The summed E-state index contributed by atoms with van der Waals surface area (Å²) in [7, 11) is 0. The van der Waals surface area contributed by atoms with E-state index < -0.39 is 0 Å². The number of benzene rings is 1. The number of nitrogens with zero attached hydrogens (tertiary/aromatic N) is 5. The summed E-state index contributed by atoms with van der Waals surface area (Å²) in [4.78, 5) is 13.8. The lowest BCUT2D eigenvalue weighted by atomic mass is 10.00. The fourth-order valence-corrected chi connectivity index (χ4v) is 4.12. The predicted octanol–water partition coefficient (Wildman–Crippen LogP) is 2.70. The van der Waals surface area contributed by atoms with Gasteiger partial charge in [-0.3, -0.25) is 4.90 Å². The number of fused-ring (bicyclic) bond motifs is 1. The van der Waals surface area contributed by atoms with Crippen LogP contribution in [0.3, 0.4) is 0 Å². The molecule has 3 aromatic rings. The maximum Gasteiger partial charge on any atom is 0.259 e. The normalized spacial score (nSPS) is 22.8. The molecule has 28 heavy (non-hydrogen) atoms. The first-order valence-corrected chi connectivity index (χ1v) is 9.68. The fourth-order valence-electron chi connectivity index (χ4n) is 4.12. The van der Waals surface area contributed by atoms with Crippen LogP contribution in [0.2, 0.25) is 0 Å². The molecule has 5 rings (SSSR count). The van der Waals surface area contributed by atoms with Crippen LogP contribution in [0.5, 0.6) is 0 Å². The van der Waals surface area contributed by atoms with Gasteiger partial charge in [0.15, 0.2) is 5.82 Å². The van der Waals surface area contributed by atoms with Crippen LogP contribution in [-0.2, 0) is 4.74 Å². The zero-order valence-corrected chi connectivity index (χ0v) is 15.9. The van der Waals surface area contributed by atoms with Crippen molar-refractivity contribution in [3.05, 3.63) is 60.0 Å². The largest absolute Gasteiger partial charge is 0.378 e. The minimum atomic E-state index is 0.332. The first-order valence-electron chi connectivity index (χ1n) is 9.68. The third-order valence-corrected chi connectivity index (χ3v) is 5.55. The molecular formula is C21H23N5O2. The minimum Gasteiger partial charge on any atom is -0.378 e. The smallest absolute Gasteiger partial charge is 0.259 e. The Morgan fingerprint density at radius 3 is 2.68 bits per heavy atom. The molecule has 0 bridgehead atoms. The number of morpholine rings is 1. The molecular weight excluding hydrogens is 354 g/mol. The molecule has 0 unspecified atom stereocenters. The van der Waals surface area contributed by atoms with Gasteiger partial charge in [0.05, 0.1) is 30.9 Å². The highest BCUT2D eigenvalue weighted by Gasteiger charge is 2.36. The van der Waals surface area contributed by atoms with Crippen molar-refractivity contribution < 1.29 is 9.26 Å². The Kier molecular flexibility index (Phi) is 4.54. The number of hydrogen-bond donors (Lipinski definition) is 0. The quantitative estimate of drug-likeness (QED) is 0.695. The summed E-state index contributed by atoms with van der Waals surface area (Å²) in [6.07, 6.45) is 1.80. The monoisotopic (exact) mass is 377 g/mol. The second-order valence-corrected chi connectivity index (χ2v) is 7.35. The van der Waals surface area contributed by atoms with E-state index in [-0.39, 0.29) is 0 Å². The predicted molar refractivity (Wildman–Crippen MR) is 105 cm³/mol. The van der Waals surface area contributed by atoms with Crippen LogP contribution in [0.4, 0.5) is 5.82 Å². The standard InChI is InChI=1S/C21H23N5O2/c1-15-23-21(28-24-15)17-7-8-20(22-11-17)25-9-10-26-18(12-25)13-27-14-19(26)16-5-3-2-4-6-16/h2-8,11,18-19H,9-10,12-14H2,1H3/t18-,19-/m1/s1. The van der Waals surface area contributed by atoms with Crippen LogP contribution in [0.15, 0.2) is 53.2 Å². The van der Waals surface area contributed by atoms with Crippen molar-refractivity contribution in [2.45, 2.75) is 19.0 Å². The van der Waals surface area contributed by atoms with E-state index in [1.807, 2.05) is 19.1 Å². The Bertz CT molecular complexity index is 927. The maximum atomic E-state index is 5.95. The summed E-state index contributed by atoms with van der Waals surface area (Å²) in [6.45, 7) is 6.19. The van der Waals surface area contributed by atoms with Gasteiger partial charge in [0.25, 0.3) is 5.89 Å². The van der Waals surface area contributed by atoms with Gasteiger partial charge in [-0.2, -0.15) is 4.98 Å².